The van der Waals surface area contributed by atoms with Crippen LogP contribution in [0.3, 0.4) is 0 Å². The molecule has 0 saturated carbocycles. The van der Waals surface area contributed by atoms with Crippen LogP contribution in [0.1, 0.15) is 11.8 Å². The van der Waals surface area contributed by atoms with Gasteiger partial charge in [-0.1, -0.05) is 17.7 Å². The van der Waals surface area contributed by atoms with Crippen LogP contribution in [0.25, 0.3) is 0 Å². The molecule has 7 heteroatoms. The van der Waals surface area contributed by atoms with Crippen molar-refractivity contribution in [2.75, 3.05) is 25.0 Å². The second-order valence-corrected chi connectivity index (χ2v) is 6.84. The van der Waals surface area contributed by atoms with E-state index in [1.54, 1.807) is 35.6 Å². The van der Waals surface area contributed by atoms with Gasteiger partial charge < -0.3 is 15.5 Å². The Balaban J connectivity index is 1.76. The summed E-state index contributed by atoms with van der Waals surface area (Å²) in [7, 11) is 0. The minimum atomic E-state index is -0.125. The second-order valence-electron chi connectivity index (χ2n) is 5.37. The molecule has 0 spiro atoms. The van der Waals surface area contributed by atoms with Gasteiger partial charge in [-0.3, -0.25) is 9.59 Å². The number of halogens is 1. The summed E-state index contributed by atoms with van der Waals surface area (Å²) in [5.74, 6) is -0.181. The Morgan fingerprint density at radius 2 is 1.83 bits per heavy atom. The normalized spacial score (nSPS) is 11.8. The van der Waals surface area contributed by atoms with Gasteiger partial charge in [0.2, 0.25) is 0 Å². The number of likely N-dealkylation sites (N-methyl/N-ethyl adjacent to an activating group) is 1. The molecule has 5 nitrogen and oxygen atoms in total. The summed E-state index contributed by atoms with van der Waals surface area (Å²) >= 11 is 7.43. The smallest absolute Gasteiger partial charge is 0.279 e. The lowest BCUT2D eigenvalue weighted by atomic mass is 10.3. The van der Waals surface area contributed by atoms with Crippen molar-refractivity contribution in [2.45, 2.75) is 13.5 Å². The van der Waals surface area contributed by atoms with Crippen LogP contribution in [-0.4, -0.2) is 31.4 Å². The second kappa shape index (κ2) is 9.42. The summed E-state index contributed by atoms with van der Waals surface area (Å²) in [6, 6.07) is 10.9. The maximum absolute atomic E-state index is 12.1. The standard InChI is InChI=1S/C17H20ClN3O2S/c1-2-21(11-16(22)19-10-15-4-3-9-24-15)12-17(23)20-14-7-5-13(18)6-8-14/h3-9H,2,10-12H2,1H3,(H,19,22)(H,20,23)/p+1. The van der Waals surface area contributed by atoms with Gasteiger partial charge >= 0.3 is 0 Å². The van der Waals surface area contributed by atoms with Crippen molar-refractivity contribution >= 4 is 40.4 Å². The summed E-state index contributed by atoms with van der Waals surface area (Å²) in [5, 5.41) is 8.30. The zero-order chi connectivity index (χ0) is 17.4. The fourth-order valence-electron chi connectivity index (χ4n) is 2.17. The molecule has 2 amide bonds. The van der Waals surface area contributed by atoms with E-state index in [1.807, 2.05) is 24.4 Å². The van der Waals surface area contributed by atoms with Crippen LogP contribution in [-0.2, 0) is 16.1 Å². The summed E-state index contributed by atoms with van der Waals surface area (Å²) in [4.78, 5) is 26.1. The van der Waals surface area contributed by atoms with E-state index in [0.717, 1.165) is 9.78 Å². The number of carbonyl (C=O) groups is 2. The largest absolute Gasteiger partial charge is 0.346 e. The Hall–Kier alpha value is -1.89. The number of benzene rings is 1. The molecule has 0 aliphatic heterocycles. The highest BCUT2D eigenvalue weighted by atomic mass is 35.5. The Morgan fingerprint density at radius 1 is 1.12 bits per heavy atom. The highest BCUT2D eigenvalue weighted by molar-refractivity contribution is 7.09. The van der Waals surface area contributed by atoms with Crippen LogP contribution < -0.4 is 15.5 Å². The molecule has 0 fully saturated rings. The number of quaternary nitrogens is 1. The number of hydrogen-bond donors (Lipinski definition) is 3. The summed E-state index contributed by atoms with van der Waals surface area (Å²) < 4.78 is 0. The Bertz CT molecular complexity index is 659. The molecule has 1 aromatic heterocycles. The lowest BCUT2D eigenvalue weighted by Crippen LogP contribution is -3.13. The monoisotopic (exact) mass is 366 g/mol. The predicted molar refractivity (Wildman–Crippen MR) is 97.5 cm³/mol. The quantitative estimate of drug-likeness (QED) is 0.664. The van der Waals surface area contributed by atoms with E-state index in [-0.39, 0.29) is 24.9 Å². The van der Waals surface area contributed by atoms with Crippen molar-refractivity contribution in [3.05, 3.63) is 51.7 Å². The summed E-state index contributed by atoms with van der Waals surface area (Å²) in [6.45, 7) is 3.70. The van der Waals surface area contributed by atoms with Crippen LogP contribution in [0.5, 0.6) is 0 Å². The van der Waals surface area contributed by atoms with Crippen LogP contribution in [0.15, 0.2) is 41.8 Å². The number of anilines is 1. The fourth-order valence-corrected chi connectivity index (χ4v) is 2.94. The minimum absolute atomic E-state index is 0.0560. The third-order valence-corrected chi connectivity index (χ3v) is 4.62. The molecule has 0 aliphatic rings. The van der Waals surface area contributed by atoms with Gasteiger partial charge in [0.1, 0.15) is 0 Å². The van der Waals surface area contributed by atoms with Gasteiger partial charge in [-0.15, -0.1) is 11.3 Å². The average molecular weight is 367 g/mol. The first-order valence-corrected chi connectivity index (χ1v) is 9.00. The molecule has 3 N–H and O–H groups in total. The highest BCUT2D eigenvalue weighted by Crippen LogP contribution is 2.12. The van der Waals surface area contributed by atoms with Crippen LogP contribution in [0, 0.1) is 0 Å². The molecule has 0 aliphatic carbocycles. The maximum atomic E-state index is 12.1. The predicted octanol–water partition coefficient (Wildman–Crippen LogP) is 1.56. The number of hydrogen-bond acceptors (Lipinski definition) is 3. The molecular formula is C17H21ClN3O2S+. The van der Waals surface area contributed by atoms with Gasteiger partial charge in [-0.25, -0.2) is 0 Å². The van der Waals surface area contributed by atoms with Crippen molar-refractivity contribution in [3.63, 3.8) is 0 Å². The van der Waals surface area contributed by atoms with Crippen molar-refractivity contribution in [1.29, 1.82) is 0 Å². The van der Waals surface area contributed by atoms with Crippen molar-refractivity contribution < 1.29 is 14.5 Å². The lowest BCUT2D eigenvalue weighted by Gasteiger charge is -2.16. The Labute approximate surface area is 150 Å². The molecule has 1 atom stereocenters. The molecule has 0 saturated heterocycles. The van der Waals surface area contributed by atoms with Gasteiger partial charge in [0, 0.05) is 15.6 Å². The van der Waals surface area contributed by atoms with Gasteiger partial charge in [0.05, 0.1) is 13.1 Å². The number of amides is 2. The molecule has 0 bridgehead atoms. The average Bonchev–Trinajstić information content (AvgIpc) is 3.08. The number of rotatable bonds is 8. The Kier molecular flexibility index (Phi) is 7.24. The van der Waals surface area contributed by atoms with Crippen LogP contribution in [0.2, 0.25) is 5.02 Å². The summed E-state index contributed by atoms with van der Waals surface area (Å²) in [6.07, 6.45) is 0. The third kappa shape index (κ3) is 6.31. The molecule has 2 aromatic rings. The molecule has 24 heavy (non-hydrogen) atoms. The van der Waals surface area contributed by atoms with Gasteiger partial charge in [-0.05, 0) is 42.6 Å². The molecule has 1 aromatic carbocycles. The first kappa shape index (κ1) is 18.4. The van der Waals surface area contributed by atoms with Crippen molar-refractivity contribution in [2.24, 2.45) is 0 Å². The van der Waals surface area contributed by atoms with E-state index in [9.17, 15) is 9.59 Å². The SMILES string of the molecule is CC[NH+](CC(=O)NCc1cccs1)CC(=O)Nc1ccc(Cl)cc1. The summed E-state index contributed by atoms with van der Waals surface area (Å²) in [5.41, 5.74) is 0.696. The molecule has 2 rings (SSSR count). The van der Waals surface area contributed by atoms with Gasteiger partial charge in [-0.2, -0.15) is 0 Å². The topological polar surface area (TPSA) is 62.6 Å². The first-order chi connectivity index (χ1) is 11.6. The van der Waals surface area contributed by atoms with Crippen LogP contribution in [0.4, 0.5) is 5.69 Å². The number of thiophene rings is 1. The highest BCUT2D eigenvalue weighted by Gasteiger charge is 2.16. The molecule has 128 valence electrons. The number of carbonyl (C=O) groups excluding carboxylic acids is 2. The molecule has 1 unspecified atom stereocenters. The van der Waals surface area contributed by atoms with E-state index in [4.69, 9.17) is 11.6 Å². The molecule has 0 radical (unpaired) electrons. The van der Waals surface area contributed by atoms with Gasteiger partial charge in [0.25, 0.3) is 11.8 Å². The van der Waals surface area contributed by atoms with E-state index in [1.165, 1.54) is 0 Å². The minimum Gasteiger partial charge on any atom is -0.346 e. The first-order valence-electron chi connectivity index (χ1n) is 7.75. The van der Waals surface area contributed by atoms with Gasteiger partial charge in [0.15, 0.2) is 13.1 Å². The zero-order valence-corrected chi connectivity index (χ0v) is 15.0. The Morgan fingerprint density at radius 3 is 2.46 bits per heavy atom. The maximum Gasteiger partial charge on any atom is 0.279 e. The van der Waals surface area contributed by atoms with E-state index in [2.05, 4.69) is 10.6 Å². The third-order valence-electron chi connectivity index (χ3n) is 3.49. The fraction of sp³-hybridized carbons (Fsp3) is 0.294. The van der Waals surface area contributed by atoms with Crippen molar-refractivity contribution in [3.8, 4) is 0 Å². The zero-order valence-electron chi connectivity index (χ0n) is 13.5. The lowest BCUT2D eigenvalue weighted by molar-refractivity contribution is -0.881. The van der Waals surface area contributed by atoms with E-state index in [0.29, 0.717) is 23.8 Å². The van der Waals surface area contributed by atoms with E-state index >= 15 is 0 Å². The number of nitrogens with one attached hydrogen (secondary N) is 3. The van der Waals surface area contributed by atoms with E-state index < -0.39 is 0 Å². The van der Waals surface area contributed by atoms with Crippen LogP contribution >= 0.6 is 22.9 Å². The molecular weight excluding hydrogens is 346 g/mol. The van der Waals surface area contributed by atoms with Crippen molar-refractivity contribution in [1.82, 2.24) is 5.32 Å². The molecule has 1 heterocycles.